The molecule has 0 radical (unpaired) electrons. The van der Waals surface area contributed by atoms with Gasteiger partial charge < -0.3 is 20.6 Å². The Kier molecular flexibility index (Phi) is 6.24. The third-order valence-electron chi connectivity index (χ3n) is 2.81. The summed E-state index contributed by atoms with van der Waals surface area (Å²) < 4.78 is 0. The number of carboxylic acids is 1. The van der Waals surface area contributed by atoms with E-state index in [9.17, 15) is 15.0 Å². The van der Waals surface area contributed by atoms with Gasteiger partial charge in [0.25, 0.3) is 0 Å². The molecule has 5 nitrogen and oxygen atoms in total. The number of benzene rings is 1. The van der Waals surface area contributed by atoms with Crippen LogP contribution in [-0.4, -0.2) is 41.0 Å². The van der Waals surface area contributed by atoms with Crippen LogP contribution in [0.5, 0.6) is 0 Å². The van der Waals surface area contributed by atoms with E-state index in [0.717, 1.165) is 0 Å². The van der Waals surface area contributed by atoms with Gasteiger partial charge in [-0.15, -0.1) is 0 Å². The second-order valence-corrected chi connectivity index (χ2v) is 4.73. The highest BCUT2D eigenvalue weighted by Crippen LogP contribution is 2.24. The van der Waals surface area contributed by atoms with Crippen LogP contribution >= 0.6 is 11.6 Å². The minimum absolute atomic E-state index is 0.216. The first kappa shape index (κ1) is 15.9. The van der Waals surface area contributed by atoms with Crippen molar-refractivity contribution in [3.8, 4) is 0 Å². The zero-order valence-electron chi connectivity index (χ0n) is 10.6. The van der Waals surface area contributed by atoms with Gasteiger partial charge in [-0.25, -0.2) is 0 Å². The van der Waals surface area contributed by atoms with Crippen LogP contribution < -0.4 is 5.32 Å². The minimum Gasteiger partial charge on any atom is -0.481 e. The molecule has 0 spiro atoms. The molecular weight excluding hydrogens is 270 g/mol. The molecule has 1 aromatic rings. The summed E-state index contributed by atoms with van der Waals surface area (Å²) in [5.41, 5.74) is 0.885. The van der Waals surface area contributed by atoms with Crippen LogP contribution in [0.4, 0.5) is 0 Å². The molecule has 0 saturated carbocycles. The lowest BCUT2D eigenvalue weighted by Gasteiger charge is -2.19. The van der Waals surface area contributed by atoms with Crippen molar-refractivity contribution in [2.75, 3.05) is 13.6 Å². The molecule has 0 aromatic heterocycles. The number of carboxylic acid groups (broad SMARTS) is 1. The maximum Gasteiger partial charge on any atom is 0.307 e. The van der Waals surface area contributed by atoms with Crippen molar-refractivity contribution in [2.45, 2.75) is 25.0 Å². The number of rotatable bonds is 7. The van der Waals surface area contributed by atoms with E-state index in [1.807, 2.05) is 0 Å². The summed E-state index contributed by atoms with van der Waals surface area (Å²) in [6.07, 6.45) is -1.79. The molecule has 19 heavy (non-hydrogen) atoms. The monoisotopic (exact) mass is 287 g/mol. The Bertz CT molecular complexity index is 439. The molecule has 0 bridgehead atoms. The number of nitrogens with one attached hydrogen (secondary N) is 1. The number of hydrogen-bond acceptors (Lipinski definition) is 4. The van der Waals surface area contributed by atoms with E-state index in [4.69, 9.17) is 16.7 Å². The zero-order valence-corrected chi connectivity index (χ0v) is 11.4. The molecule has 0 heterocycles. The second kappa shape index (κ2) is 7.45. The molecule has 1 aromatic carbocycles. The summed E-state index contributed by atoms with van der Waals surface area (Å²) in [6, 6.07) is 4.63. The van der Waals surface area contributed by atoms with E-state index < -0.39 is 18.2 Å². The number of carbonyl (C=O) groups is 1. The van der Waals surface area contributed by atoms with Gasteiger partial charge in [-0.3, -0.25) is 4.79 Å². The minimum atomic E-state index is -1.06. The van der Waals surface area contributed by atoms with Crippen molar-refractivity contribution in [3.05, 3.63) is 34.3 Å². The molecule has 0 aliphatic rings. The van der Waals surface area contributed by atoms with Gasteiger partial charge in [-0.2, -0.15) is 0 Å². The molecule has 2 unspecified atom stereocenters. The van der Waals surface area contributed by atoms with Crippen LogP contribution in [0, 0.1) is 0 Å². The van der Waals surface area contributed by atoms with Crippen LogP contribution in [0.3, 0.4) is 0 Å². The van der Waals surface area contributed by atoms with E-state index in [0.29, 0.717) is 29.1 Å². The van der Waals surface area contributed by atoms with Gasteiger partial charge in [0.15, 0.2) is 0 Å². The molecule has 1 rings (SSSR count). The highest BCUT2D eigenvalue weighted by atomic mass is 35.5. The Morgan fingerprint density at radius 1 is 1.42 bits per heavy atom. The largest absolute Gasteiger partial charge is 0.481 e. The Balaban J connectivity index is 2.85. The van der Waals surface area contributed by atoms with Gasteiger partial charge in [0.05, 0.1) is 12.5 Å². The lowest BCUT2D eigenvalue weighted by atomic mass is 9.99. The fraction of sp³-hybridized carbons (Fsp3) is 0.462. The van der Waals surface area contributed by atoms with Crippen molar-refractivity contribution in [3.63, 3.8) is 0 Å². The first-order valence-corrected chi connectivity index (χ1v) is 6.34. The van der Waals surface area contributed by atoms with E-state index in [2.05, 4.69) is 5.32 Å². The molecule has 0 amide bonds. The van der Waals surface area contributed by atoms with E-state index in [1.54, 1.807) is 13.1 Å². The van der Waals surface area contributed by atoms with Crippen molar-refractivity contribution >= 4 is 17.6 Å². The van der Waals surface area contributed by atoms with Gasteiger partial charge >= 0.3 is 5.97 Å². The number of halogens is 1. The smallest absolute Gasteiger partial charge is 0.307 e. The summed E-state index contributed by atoms with van der Waals surface area (Å²) in [4.78, 5) is 10.7. The average Bonchev–Trinajstić information content (AvgIpc) is 2.37. The van der Waals surface area contributed by atoms with E-state index in [-0.39, 0.29) is 6.42 Å². The molecule has 106 valence electrons. The first-order valence-electron chi connectivity index (χ1n) is 5.96. The van der Waals surface area contributed by atoms with Gasteiger partial charge in [-0.1, -0.05) is 23.7 Å². The zero-order chi connectivity index (χ0) is 14.4. The number of hydrogen-bond donors (Lipinski definition) is 4. The SMILES string of the molecule is CNCCC(O)C(O)c1ccc(Cl)c(CC(=O)O)c1. The lowest BCUT2D eigenvalue weighted by molar-refractivity contribution is -0.136. The summed E-state index contributed by atoms with van der Waals surface area (Å²) in [5, 5.41) is 31.8. The van der Waals surface area contributed by atoms with Gasteiger partial charge in [0, 0.05) is 5.02 Å². The van der Waals surface area contributed by atoms with Crippen molar-refractivity contribution in [2.24, 2.45) is 0 Å². The van der Waals surface area contributed by atoms with E-state index >= 15 is 0 Å². The third kappa shape index (κ3) is 4.80. The Hall–Kier alpha value is -1.14. The maximum absolute atomic E-state index is 10.7. The predicted octanol–water partition coefficient (Wildman–Crippen LogP) is 0.971. The summed E-state index contributed by atoms with van der Waals surface area (Å²) in [7, 11) is 1.76. The highest BCUT2D eigenvalue weighted by Gasteiger charge is 2.19. The number of aliphatic hydroxyl groups excluding tert-OH is 2. The topological polar surface area (TPSA) is 89.8 Å². The fourth-order valence-corrected chi connectivity index (χ4v) is 1.93. The molecule has 0 saturated heterocycles. The molecule has 0 aliphatic carbocycles. The van der Waals surface area contributed by atoms with Gasteiger partial charge in [0.1, 0.15) is 6.10 Å². The van der Waals surface area contributed by atoms with Crippen LogP contribution in [0.1, 0.15) is 23.7 Å². The van der Waals surface area contributed by atoms with E-state index in [1.165, 1.54) is 12.1 Å². The fourth-order valence-electron chi connectivity index (χ4n) is 1.75. The van der Waals surface area contributed by atoms with Crippen LogP contribution in [-0.2, 0) is 11.2 Å². The molecule has 0 fully saturated rings. The first-order chi connectivity index (χ1) is 8.95. The second-order valence-electron chi connectivity index (χ2n) is 4.33. The van der Waals surface area contributed by atoms with Crippen LogP contribution in [0.15, 0.2) is 18.2 Å². The molecule has 4 N–H and O–H groups in total. The highest BCUT2D eigenvalue weighted by molar-refractivity contribution is 6.31. The van der Waals surface area contributed by atoms with Crippen molar-refractivity contribution in [1.82, 2.24) is 5.32 Å². The predicted molar refractivity (Wildman–Crippen MR) is 72.3 cm³/mol. The Labute approximate surface area is 116 Å². The summed E-state index contributed by atoms with van der Waals surface area (Å²) >= 11 is 5.89. The van der Waals surface area contributed by atoms with Crippen LogP contribution in [0.2, 0.25) is 5.02 Å². The summed E-state index contributed by atoms with van der Waals surface area (Å²) in [5.74, 6) is -0.996. The van der Waals surface area contributed by atoms with Gasteiger partial charge in [0.2, 0.25) is 0 Å². The Morgan fingerprint density at radius 2 is 2.11 bits per heavy atom. The van der Waals surface area contributed by atoms with Crippen LogP contribution in [0.25, 0.3) is 0 Å². The summed E-state index contributed by atoms with van der Waals surface area (Å²) in [6.45, 7) is 0.577. The molecular formula is C13H18ClNO4. The number of aliphatic hydroxyl groups is 2. The average molecular weight is 288 g/mol. The number of aliphatic carboxylic acids is 1. The van der Waals surface area contributed by atoms with Crippen molar-refractivity contribution in [1.29, 1.82) is 0 Å². The third-order valence-corrected chi connectivity index (χ3v) is 3.18. The molecule has 6 heteroatoms. The lowest BCUT2D eigenvalue weighted by Crippen LogP contribution is -2.23. The maximum atomic E-state index is 10.7. The Morgan fingerprint density at radius 3 is 2.68 bits per heavy atom. The quantitative estimate of drug-likeness (QED) is 0.600. The van der Waals surface area contributed by atoms with Crippen molar-refractivity contribution < 1.29 is 20.1 Å². The molecule has 0 aliphatic heterocycles. The molecule has 2 atom stereocenters. The normalized spacial score (nSPS) is 14.1. The van der Waals surface area contributed by atoms with Gasteiger partial charge in [-0.05, 0) is 37.2 Å². The standard InChI is InChI=1S/C13H18ClNO4/c1-15-5-4-11(16)13(19)8-2-3-10(14)9(6-8)7-12(17)18/h2-3,6,11,13,15-16,19H,4-5,7H2,1H3,(H,17,18).